The third kappa shape index (κ3) is 5.12. The molecule has 2 aromatic rings. The Hall–Kier alpha value is -2.38. The molecule has 1 aliphatic heterocycles. The number of rotatable bonds is 6. The van der Waals surface area contributed by atoms with Crippen LogP contribution in [0.5, 0.6) is 0 Å². The molecule has 1 unspecified atom stereocenters. The Balaban J connectivity index is 1.92. The van der Waals surface area contributed by atoms with Crippen LogP contribution in [0, 0.1) is 13.8 Å². The van der Waals surface area contributed by atoms with Crippen LogP contribution in [0.1, 0.15) is 81.2 Å². The Bertz CT molecular complexity index is 1210. The topological polar surface area (TPSA) is 83.9 Å². The first-order valence-electron chi connectivity index (χ1n) is 12.6. The van der Waals surface area contributed by atoms with Crippen LogP contribution in [0.25, 0.3) is 11.1 Å². The zero-order chi connectivity index (χ0) is 25.5. The van der Waals surface area contributed by atoms with E-state index in [0.29, 0.717) is 37.1 Å². The molecule has 1 atom stereocenters. The first kappa shape index (κ1) is 25.7. The summed E-state index contributed by atoms with van der Waals surface area (Å²) < 4.78 is 35.0. The fraction of sp³-hybridized carbons (Fsp3) is 0.536. The van der Waals surface area contributed by atoms with Gasteiger partial charge in [-0.05, 0) is 82.2 Å². The van der Waals surface area contributed by atoms with Gasteiger partial charge >= 0.3 is 5.97 Å². The molecule has 1 fully saturated rings. The molecular weight excluding hydrogens is 462 g/mol. The largest absolute Gasteiger partial charge is 0.479 e. The molecule has 0 radical (unpaired) electrons. The molecule has 2 aliphatic rings. The summed E-state index contributed by atoms with van der Waals surface area (Å²) in [6.07, 6.45) is 3.77. The van der Waals surface area contributed by atoms with Gasteiger partial charge in [-0.3, -0.25) is 4.31 Å². The number of ether oxygens (including phenoxy) is 1. The summed E-state index contributed by atoms with van der Waals surface area (Å²) in [6.45, 7) is 9.78. The second-order valence-corrected chi connectivity index (χ2v) is 13.1. The molecule has 0 amide bonds. The number of hydrogen-bond donors (Lipinski definition) is 1. The molecule has 0 saturated heterocycles. The van der Waals surface area contributed by atoms with Gasteiger partial charge in [0.2, 0.25) is 10.0 Å². The Morgan fingerprint density at radius 1 is 1.09 bits per heavy atom. The number of carbonyl (C=O) groups is 1. The summed E-state index contributed by atoms with van der Waals surface area (Å²) in [7, 11) is -3.49. The third-order valence-electron chi connectivity index (χ3n) is 7.07. The number of carboxylic acid groups (broad SMARTS) is 1. The van der Waals surface area contributed by atoms with Gasteiger partial charge in [0.05, 0.1) is 16.5 Å². The maximum atomic E-state index is 13.7. The first-order chi connectivity index (χ1) is 16.4. The molecule has 1 heterocycles. The van der Waals surface area contributed by atoms with Crippen molar-refractivity contribution in [1.29, 1.82) is 0 Å². The van der Waals surface area contributed by atoms with Crippen molar-refractivity contribution in [3.05, 3.63) is 52.6 Å². The lowest BCUT2D eigenvalue weighted by atomic mass is 9.86. The monoisotopic (exact) mass is 499 g/mol. The Kier molecular flexibility index (Phi) is 7.04. The number of nitrogens with zero attached hydrogens (tertiary/aromatic N) is 1. The molecule has 0 bridgehead atoms. The molecule has 0 spiro atoms. The van der Waals surface area contributed by atoms with Gasteiger partial charge in [0.15, 0.2) is 6.10 Å². The molecule has 7 heteroatoms. The van der Waals surface area contributed by atoms with Crippen LogP contribution in [-0.4, -0.2) is 36.9 Å². The Labute approximate surface area is 209 Å². The average molecular weight is 500 g/mol. The van der Waals surface area contributed by atoms with Crippen molar-refractivity contribution >= 4 is 21.7 Å². The van der Waals surface area contributed by atoms with Crippen LogP contribution >= 0.6 is 0 Å². The molecule has 1 aliphatic carbocycles. The zero-order valence-electron chi connectivity index (χ0n) is 21.4. The van der Waals surface area contributed by atoms with E-state index in [1.54, 1.807) is 4.31 Å². The summed E-state index contributed by atoms with van der Waals surface area (Å²) in [5.41, 5.74) is 5.00. The van der Waals surface area contributed by atoms with Crippen LogP contribution in [0.4, 0.5) is 5.69 Å². The van der Waals surface area contributed by atoms with E-state index in [0.717, 1.165) is 47.1 Å². The van der Waals surface area contributed by atoms with Crippen molar-refractivity contribution in [3.63, 3.8) is 0 Å². The van der Waals surface area contributed by atoms with E-state index in [9.17, 15) is 18.3 Å². The number of aliphatic carboxylic acids is 1. The predicted molar refractivity (Wildman–Crippen MR) is 139 cm³/mol. The summed E-state index contributed by atoms with van der Waals surface area (Å²) in [4.78, 5) is 12.5. The minimum atomic E-state index is -3.49. The summed E-state index contributed by atoms with van der Waals surface area (Å²) in [5.74, 6) is -1.05. The molecule has 1 saturated carbocycles. The summed E-state index contributed by atoms with van der Waals surface area (Å²) >= 11 is 0. The number of benzene rings is 2. The van der Waals surface area contributed by atoms with Crippen LogP contribution in [0.3, 0.4) is 0 Å². The van der Waals surface area contributed by atoms with E-state index < -0.39 is 27.7 Å². The number of fused-ring (bicyclic) bond motifs is 1. The number of anilines is 1. The van der Waals surface area contributed by atoms with Gasteiger partial charge in [-0.15, -0.1) is 0 Å². The minimum Gasteiger partial charge on any atom is -0.479 e. The van der Waals surface area contributed by atoms with Gasteiger partial charge in [0, 0.05) is 12.1 Å². The van der Waals surface area contributed by atoms with Crippen LogP contribution < -0.4 is 4.31 Å². The van der Waals surface area contributed by atoms with Crippen molar-refractivity contribution in [2.75, 3.05) is 10.8 Å². The van der Waals surface area contributed by atoms with Crippen molar-refractivity contribution in [3.8, 4) is 11.1 Å². The Morgan fingerprint density at radius 3 is 2.29 bits per heavy atom. The lowest BCUT2D eigenvalue weighted by molar-refractivity contribution is -0.160. The summed E-state index contributed by atoms with van der Waals surface area (Å²) in [6, 6.07) is 9.83. The van der Waals surface area contributed by atoms with Gasteiger partial charge in [-0.2, -0.15) is 0 Å². The van der Waals surface area contributed by atoms with E-state index in [2.05, 4.69) is 0 Å². The molecule has 4 rings (SSSR count). The SMILES string of the molecule is Cc1ccc(-c2c3c(cc(C)c2C(OC(C)(C)C)C(=O)O)N(S(=O)(=O)C2CCCCC2)CC3)cc1. The average Bonchev–Trinajstić information content (AvgIpc) is 3.21. The molecular formula is C28H37NO5S. The van der Waals surface area contributed by atoms with Crippen LogP contribution in [0.2, 0.25) is 0 Å². The third-order valence-corrected chi connectivity index (χ3v) is 9.38. The normalized spacial score (nSPS) is 17.9. The highest BCUT2D eigenvalue weighted by molar-refractivity contribution is 7.93. The number of aryl methyl sites for hydroxylation is 2. The van der Waals surface area contributed by atoms with Crippen molar-refractivity contribution in [2.45, 2.75) is 90.1 Å². The van der Waals surface area contributed by atoms with E-state index in [1.165, 1.54) is 0 Å². The lowest BCUT2D eigenvalue weighted by Gasteiger charge is -2.31. The maximum Gasteiger partial charge on any atom is 0.337 e. The fourth-order valence-corrected chi connectivity index (χ4v) is 7.52. The first-order valence-corrected chi connectivity index (χ1v) is 14.1. The van der Waals surface area contributed by atoms with Gasteiger partial charge in [-0.1, -0.05) is 49.1 Å². The van der Waals surface area contributed by atoms with Gasteiger partial charge in [-0.25, -0.2) is 13.2 Å². The quantitative estimate of drug-likeness (QED) is 0.532. The van der Waals surface area contributed by atoms with Crippen LogP contribution in [-0.2, 0) is 26.0 Å². The van der Waals surface area contributed by atoms with Gasteiger partial charge in [0.25, 0.3) is 0 Å². The van der Waals surface area contributed by atoms with Crippen molar-refractivity contribution in [2.24, 2.45) is 0 Å². The van der Waals surface area contributed by atoms with E-state index >= 15 is 0 Å². The number of carboxylic acids is 1. The van der Waals surface area contributed by atoms with E-state index in [-0.39, 0.29) is 5.25 Å². The van der Waals surface area contributed by atoms with Gasteiger partial charge in [0.1, 0.15) is 0 Å². The Morgan fingerprint density at radius 2 is 1.71 bits per heavy atom. The van der Waals surface area contributed by atoms with Crippen molar-refractivity contribution in [1.82, 2.24) is 0 Å². The second kappa shape index (κ2) is 9.58. The van der Waals surface area contributed by atoms with Crippen LogP contribution in [0.15, 0.2) is 30.3 Å². The molecule has 1 N–H and O–H groups in total. The lowest BCUT2D eigenvalue weighted by Crippen LogP contribution is -2.38. The van der Waals surface area contributed by atoms with E-state index in [4.69, 9.17) is 4.74 Å². The highest BCUT2D eigenvalue weighted by Gasteiger charge is 2.40. The minimum absolute atomic E-state index is 0.346. The maximum absolute atomic E-state index is 13.7. The molecule has 6 nitrogen and oxygen atoms in total. The summed E-state index contributed by atoms with van der Waals surface area (Å²) in [5, 5.41) is 9.85. The standard InChI is InChI=1S/C28H37NO5S/c1-18-11-13-20(14-12-18)25-22-15-16-29(35(32,33)21-9-7-6-8-10-21)23(22)17-19(2)24(25)26(27(30)31)34-28(3,4)5/h11-14,17,21,26H,6-10,15-16H2,1-5H3,(H,30,31). The highest BCUT2D eigenvalue weighted by atomic mass is 32.2. The highest BCUT2D eigenvalue weighted by Crippen LogP contribution is 2.46. The molecule has 35 heavy (non-hydrogen) atoms. The number of sulfonamides is 1. The van der Waals surface area contributed by atoms with E-state index in [1.807, 2.05) is 65.0 Å². The van der Waals surface area contributed by atoms with Crippen molar-refractivity contribution < 1.29 is 23.1 Å². The molecule has 2 aromatic carbocycles. The molecule has 190 valence electrons. The second-order valence-electron chi connectivity index (χ2n) is 10.9. The molecule has 0 aromatic heterocycles. The smallest absolute Gasteiger partial charge is 0.337 e. The van der Waals surface area contributed by atoms with Gasteiger partial charge < -0.3 is 9.84 Å². The predicted octanol–water partition coefficient (Wildman–Crippen LogP) is 5.94. The zero-order valence-corrected chi connectivity index (χ0v) is 22.2. The number of hydrogen-bond acceptors (Lipinski definition) is 4. The fourth-order valence-electron chi connectivity index (χ4n) is 5.45.